The lowest BCUT2D eigenvalue weighted by atomic mass is 10.2. The number of thioether (sulfide) groups is 1. The van der Waals surface area contributed by atoms with Crippen molar-refractivity contribution in [1.29, 1.82) is 0 Å². The molecule has 4 rings (SSSR count). The van der Waals surface area contributed by atoms with Gasteiger partial charge in [0.2, 0.25) is 5.91 Å². The summed E-state index contributed by atoms with van der Waals surface area (Å²) in [5.41, 5.74) is 4.21. The number of amides is 1. The molecule has 1 heterocycles. The van der Waals surface area contributed by atoms with Crippen LogP contribution in [0.3, 0.4) is 0 Å². The maximum atomic E-state index is 12.4. The van der Waals surface area contributed by atoms with Crippen molar-refractivity contribution in [2.45, 2.75) is 29.7 Å². The number of hydrogen-bond acceptors (Lipinski definition) is 5. The molecule has 1 amide bonds. The second kappa shape index (κ2) is 12.0. The first-order valence-electron chi connectivity index (χ1n) is 10.5. The number of hydrogen-bond donors (Lipinski definition) is 1. The van der Waals surface area contributed by atoms with Crippen molar-refractivity contribution >= 4 is 44.9 Å². The number of rotatable bonds is 10. The lowest BCUT2D eigenvalue weighted by molar-refractivity contribution is -0.120. The van der Waals surface area contributed by atoms with E-state index >= 15 is 0 Å². The lowest BCUT2D eigenvalue weighted by Gasteiger charge is -2.08. The molecule has 0 radical (unpaired) electrons. The number of nitrogens with zero attached hydrogens (tertiary/aromatic N) is 1. The topological polar surface area (TPSA) is 51.2 Å². The standard InChI is InChI=1S/C26H23BrN2O2S2/c27-22-10-6-21(7-11-22)17-32-26-29-23(18-33-26)14-25(30)28-15-19-8-12-24(13-9-19)31-16-20-4-2-1-3-5-20/h1-13,18H,14-17H2,(H,28,30). The Hall–Kier alpha value is -2.61. The number of aromatic nitrogens is 1. The van der Waals surface area contributed by atoms with Crippen molar-refractivity contribution in [3.8, 4) is 5.75 Å². The summed E-state index contributed by atoms with van der Waals surface area (Å²) in [5, 5.41) is 4.93. The van der Waals surface area contributed by atoms with Gasteiger partial charge in [0, 0.05) is 22.2 Å². The summed E-state index contributed by atoms with van der Waals surface area (Å²) >= 11 is 6.72. The van der Waals surface area contributed by atoms with Gasteiger partial charge < -0.3 is 10.1 Å². The molecule has 3 aromatic carbocycles. The summed E-state index contributed by atoms with van der Waals surface area (Å²) < 4.78 is 7.86. The maximum absolute atomic E-state index is 12.4. The van der Waals surface area contributed by atoms with Crippen molar-refractivity contribution in [2.75, 3.05) is 0 Å². The molecule has 33 heavy (non-hydrogen) atoms. The van der Waals surface area contributed by atoms with Gasteiger partial charge in [-0.3, -0.25) is 4.79 Å². The number of benzene rings is 3. The van der Waals surface area contributed by atoms with Crippen LogP contribution in [0.4, 0.5) is 0 Å². The fraction of sp³-hybridized carbons (Fsp3) is 0.154. The third-order valence-electron chi connectivity index (χ3n) is 4.81. The SMILES string of the molecule is O=C(Cc1csc(SCc2ccc(Br)cc2)n1)NCc1ccc(OCc2ccccc2)cc1. The second-order valence-corrected chi connectivity index (χ2v) is 10.4. The monoisotopic (exact) mass is 538 g/mol. The Morgan fingerprint density at radius 2 is 1.67 bits per heavy atom. The summed E-state index contributed by atoms with van der Waals surface area (Å²) in [4.78, 5) is 16.9. The highest BCUT2D eigenvalue weighted by atomic mass is 79.9. The molecular formula is C26H23BrN2O2S2. The number of halogens is 1. The van der Waals surface area contributed by atoms with Crippen LogP contribution in [0.5, 0.6) is 5.75 Å². The van der Waals surface area contributed by atoms with Gasteiger partial charge in [-0.2, -0.15) is 0 Å². The fourth-order valence-corrected chi connectivity index (χ4v) is 5.10. The Bertz CT molecular complexity index is 1160. The van der Waals surface area contributed by atoms with E-state index in [1.807, 2.05) is 72.1 Å². The zero-order valence-electron chi connectivity index (χ0n) is 17.9. The van der Waals surface area contributed by atoms with E-state index in [9.17, 15) is 4.79 Å². The summed E-state index contributed by atoms with van der Waals surface area (Å²) in [6.45, 7) is 1.01. The maximum Gasteiger partial charge on any atom is 0.226 e. The highest BCUT2D eigenvalue weighted by Crippen LogP contribution is 2.27. The van der Waals surface area contributed by atoms with E-state index in [4.69, 9.17) is 4.74 Å². The van der Waals surface area contributed by atoms with Crippen LogP contribution in [0.2, 0.25) is 0 Å². The zero-order chi connectivity index (χ0) is 22.9. The van der Waals surface area contributed by atoms with Gasteiger partial charge in [0.25, 0.3) is 0 Å². The fourth-order valence-electron chi connectivity index (χ4n) is 3.03. The molecule has 0 saturated heterocycles. The van der Waals surface area contributed by atoms with Crippen LogP contribution >= 0.6 is 39.0 Å². The molecule has 1 aromatic heterocycles. The average molecular weight is 540 g/mol. The third kappa shape index (κ3) is 7.74. The van der Waals surface area contributed by atoms with Crippen LogP contribution in [-0.2, 0) is 30.1 Å². The zero-order valence-corrected chi connectivity index (χ0v) is 21.1. The minimum Gasteiger partial charge on any atom is -0.489 e. The predicted octanol–water partition coefficient (Wildman–Crippen LogP) is 6.64. The van der Waals surface area contributed by atoms with Crippen LogP contribution in [0.15, 0.2) is 93.1 Å². The van der Waals surface area contributed by atoms with E-state index in [1.54, 1.807) is 23.1 Å². The van der Waals surface area contributed by atoms with Gasteiger partial charge in [0.05, 0.1) is 12.1 Å². The molecule has 0 aliphatic carbocycles. The molecule has 0 unspecified atom stereocenters. The molecule has 0 atom stereocenters. The van der Waals surface area contributed by atoms with Crippen molar-refractivity contribution in [3.63, 3.8) is 0 Å². The Balaban J connectivity index is 1.19. The minimum atomic E-state index is -0.0332. The first-order chi connectivity index (χ1) is 16.1. The average Bonchev–Trinajstić information content (AvgIpc) is 3.29. The van der Waals surface area contributed by atoms with Crippen LogP contribution in [0, 0.1) is 0 Å². The molecule has 168 valence electrons. The Morgan fingerprint density at radius 1 is 0.939 bits per heavy atom. The Labute approximate surface area is 210 Å². The van der Waals surface area contributed by atoms with Gasteiger partial charge in [-0.15, -0.1) is 11.3 Å². The molecular weight excluding hydrogens is 516 g/mol. The van der Waals surface area contributed by atoms with Gasteiger partial charge >= 0.3 is 0 Å². The van der Waals surface area contributed by atoms with Crippen molar-refractivity contribution in [1.82, 2.24) is 10.3 Å². The predicted molar refractivity (Wildman–Crippen MR) is 139 cm³/mol. The molecule has 4 nitrogen and oxygen atoms in total. The molecule has 7 heteroatoms. The van der Waals surface area contributed by atoms with Gasteiger partial charge in [0.15, 0.2) is 0 Å². The van der Waals surface area contributed by atoms with Gasteiger partial charge in [0.1, 0.15) is 16.7 Å². The van der Waals surface area contributed by atoms with E-state index in [2.05, 4.69) is 38.4 Å². The van der Waals surface area contributed by atoms with Crippen LogP contribution < -0.4 is 10.1 Å². The summed E-state index contributed by atoms with van der Waals surface area (Å²) in [5.74, 6) is 1.64. The minimum absolute atomic E-state index is 0.0332. The number of carbonyl (C=O) groups is 1. The highest BCUT2D eigenvalue weighted by molar-refractivity contribution is 9.10. The molecule has 0 bridgehead atoms. The first kappa shape index (κ1) is 23.5. The van der Waals surface area contributed by atoms with Crippen molar-refractivity contribution < 1.29 is 9.53 Å². The highest BCUT2D eigenvalue weighted by Gasteiger charge is 2.09. The molecule has 0 aliphatic rings. The van der Waals surface area contributed by atoms with E-state index in [1.165, 1.54) is 5.56 Å². The van der Waals surface area contributed by atoms with Crippen LogP contribution in [0.1, 0.15) is 22.4 Å². The first-order valence-corrected chi connectivity index (χ1v) is 13.1. The summed E-state index contributed by atoms with van der Waals surface area (Å²) in [7, 11) is 0. The lowest BCUT2D eigenvalue weighted by Crippen LogP contribution is -2.24. The van der Waals surface area contributed by atoms with Crippen molar-refractivity contribution in [2.24, 2.45) is 0 Å². The molecule has 0 spiro atoms. The van der Waals surface area contributed by atoms with Gasteiger partial charge in [-0.25, -0.2) is 4.98 Å². The van der Waals surface area contributed by atoms with E-state index < -0.39 is 0 Å². The smallest absolute Gasteiger partial charge is 0.226 e. The van der Waals surface area contributed by atoms with Crippen molar-refractivity contribution in [3.05, 3.63) is 111 Å². The molecule has 1 N–H and O–H groups in total. The number of nitrogens with one attached hydrogen (secondary N) is 1. The van der Waals surface area contributed by atoms with Gasteiger partial charge in [-0.1, -0.05) is 82.3 Å². The third-order valence-corrected chi connectivity index (χ3v) is 7.48. The van der Waals surface area contributed by atoms with Crippen LogP contribution in [-0.4, -0.2) is 10.9 Å². The number of ether oxygens (including phenoxy) is 1. The van der Waals surface area contributed by atoms with E-state index in [-0.39, 0.29) is 12.3 Å². The van der Waals surface area contributed by atoms with E-state index in [0.717, 1.165) is 37.1 Å². The molecule has 4 aromatic rings. The number of carbonyl (C=O) groups excluding carboxylic acids is 1. The molecule has 0 aliphatic heterocycles. The largest absolute Gasteiger partial charge is 0.489 e. The normalized spacial score (nSPS) is 10.7. The Morgan fingerprint density at radius 3 is 2.42 bits per heavy atom. The van der Waals surface area contributed by atoms with Crippen LogP contribution in [0.25, 0.3) is 0 Å². The second-order valence-electron chi connectivity index (χ2n) is 7.39. The molecule has 0 saturated carbocycles. The number of thiazole rings is 1. The molecule has 0 fully saturated rings. The van der Waals surface area contributed by atoms with Gasteiger partial charge in [-0.05, 0) is 41.0 Å². The summed E-state index contributed by atoms with van der Waals surface area (Å²) in [6, 6.07) is 26.1. The quantitative estimate of drug-likeness (QED) is 0.230. The summed E-state index contributed by atoms with van der Waals surface area (Å²) in [6.07, 6.45) is 0.285. The van der Waals surface area contributed by atoms with E-state index in [0.29, 0.717) is 13.2 Å². The Kier molecular flexibility index (Phi) is 8.58.